The summed E-state index contributed by atoms with van der Waals surface area (Å²) in [5.74, 6) is -0.333. The average molecular weight is 491 g/mol. The molecule has 1 aliphatic heterocycles. The summed E-state index contributed by atoms with van der Waals surface area (Å²) in [6.45, 7) is 1.14. The number of amides is 1. The van der Waals surface area contributed by atoms with Gasteiger partial charge in [0.15, 0.2) is 6.61 Å². The van der Waals surface area contributed by atoms with E-state index in [4.69, 9.17) is 9.47 Å². The van der Waals surface area contributed by atoms with Crippen LogP contribution in [0.25, 0.3) is 0 Å². The predicted molar refractivity (Wildman–Crippen MR) is 122 cm³/mol. The van der Waals surface area contributed by atoms with Crippen LogP contribution >= 0.6 is 11.3 Å². The summed E-state index contributed by atoms with van der Waals surface area (Å²) >= 11 is 1.48. The van der Waals surface area contributed by atoms with Crippen LogP contribution in [0.2, 0.25) is 0 Å². The minimum absolute atomic E-state index is 0.162. The van der Waals surface area contributed by atoms with Gasteiger partial charge in [-0.25, -0.2) is 12.8 Å². The van der Waals surface area contributed by atoms with Crippen molar-refractivity contribution in [1.29, 1.82) is 0 Å². The Morgan fingerprint density at radius 1 is 1.09 bits per heavy atom. The molecule has 1 saturated heterocycles. The van der Waals surface area contributed by atoms with Crippen molar-refractivity contribution in [2.75, 3.05) is 32.9 Å². The van der Waals surface area contributed by atoms with E-state index in [0.29, 0.717) is 32.1 Å². The van der Waals surface area contributed by atoms with E-state index in [0.717, 1.165) is 10.4 Å². The molecule has 0 spiro atoms. The summed E-state index contributed by atoms with van der Waals surface area (Å²) in [7, 11) is -3.59. The third kappa shape index (κ3) is 5.77. The van der Waals surface area contributed by atoms with Crippen LogP contribution < -0.4 is 10.1 Å². The van der Waals surface area contributed by atoms with E-state index in [2.05, 4.69) is 5.32 Å². The lowest BCUT2D eigenvalue weighted by molar-refractivity contribution is -0.123. The second kappa shape index (κ2) is 10.4. The minimum atomic E-state index is -3.59. The molecule has 1 atom stereocenters. The van der Waals surface area contributed by atoms with Crippen LogP contribution in [0.5, 0.6) is 5.75 Å². The van der Waals surface area contributed by atoms with Crippen molar-refractivity contribution in [3.63, 3.8) is 0 Å². The van der Waals surface area contributed by atoms with Crippen LogP contribution in [0.3, 0.4) is 0 Å². The summed E-state index contributed by atoms with van der Waals surface area (Å²) in [6.07, 6.45) is 0. The number of ether oxygens (including phenoxy) is 2. The number of hydrogen-bond donors (Lipinski definition) is 1. The lowest BCUT2D eigenvalue weighted by atomic mass is 10.1. The largest absolute Gasteiger partial charge is 0.484 e. The van der Waals surface area contributed by atoms with Gasteiger partial charge in [0.25, 0.3) is 5.91 Å². The second-order valence-corrected chi connectivity index (χ2v) is 10.3. The Morgan fingerprint density at radius 2 is 1.79 bits per heavy atom. The molecule has 0 saturated carbocycles. The topological polar surface area (TPSA) is 84.9 Å². The molecule has 0 bridgehead atoms. The van der Waals surface area contributed by atoms with E-state index < -0.39 is 16.1 Å². The zero-order valence-corrected chi connectivity index (χ0v) is 19.3. The van der Waals surface area contributed by atoms with E-state index in [-0.39, 0.29) is 23.2 Å². The molecule has 1 amide bonds. The zero-order valence-electron chi connectivity index (χ0n) is 17.6. The van der Waals surface area contributed by atoms with Crippen molar-refractivity contribution in [2.45, 2.75) is 10.9 Å². The molecule has 1 fully saturated rings. The highest BCUT2D eigenvalue weighted by molar-refractivity contribution is 7.89. The fourth-order valence-corrected chi connectivity index (χ4v) is 5.64. The number of rotatable bonds is 8. The standard InChI is InChI=1S/C23H23FN2O5S2/c24-18-5-3-17(4-6-18)23(21-2-1-15-32-21)25-22(27)16-31-19-7-9-20(10-8-19)33(28,29)26-11-13-30-14-12-26/h1-10,15,23H,11-14,16H2,(H,25,27)/t23-/m0/s1. The summed E-state index contributed by atoms with van der Waals surface area (Å²) in [5.41, 5.74) is 0.755. The third-order valence-corrected chi connectivity index (χ3v) is 7.99. The number of thiophene rings is 1. The van der Waals surface area contributed by atoms with Crippen molar-refractivity contribution >= 4 is 27.3 Å². The zero-order chi connectivity index (χ0) is 23.3. The van der Waals surface area contributed by atoms with Crippen LogP contribution in [0, 0.1) is 5.82 Å². The molecule has 174 valence electrons. The molecule has 1 aliphatic rings. The number of sulfonamides is 1. The van der Waals surface area contributed by atoms with Crippen LogP contribution in [0.4, 0.5) is 4.39 Å². The Hall–Kier alpha value is -2.79. The average Bonchev–Trinajstić information content (AvgIpc) is 3.37. The number of carbonyl (C=O) groups excluding carboxylic acids is 1. The summed E-state index contributed by atoms with van der Waals surface area (Å²) < 4.78 is 50.9. The van der Waals surface area contributed by atoms with Gasteiger partial charge in [0.2, 0.25) is 10.0 Å². The van der Waals surface area contributed by atoms with Crippen molar-refractivity contribution < 1.29 is 27.1 Å². The molecule has 3 aromatic rings. The Balaban J connectivity index is 1.38. The molecule has 33 heavy (non-hydrogen) atoms. The van der Waals surface area contributed by atoms with E-state index in [1.54, 1.807) is 12.1 Å². The van der Waals surface area contributed by atoms with Gasteiger partial charge in [-0.3, -0.25) is 4.79 Å². The first-order valence-electron chi connectivity index (χ1n) is 10.3. The van der Waals surface area contributed by atoms with Gasteiger partial charge in [0.1, 0.15) is 11.6 Å². The van der Waals surface area contributed by atoms with Gasteiger partial charge in [-0.1, -0.05) is 18.2 Å². The number of hydrogen-bond acceptors (Lipinski definition) is 6. The number of halogens is 1. The fourth-order valence-electron chi connectivity index (χ4n) is 3.42. The molecule has 10 heteroatoms. The summed E-state index contributed by atoms with van der Waals surface area (Å²) in [6, 6.07) is 15.3. The van der Waals surface area contributed by atoms with Crippen molar-refractivity contribution in [2.24, 2.45) is 0 Å². The summed E-state index contributed by atoms with van der Waals surface area (Å²) in [4.78, 5) is 13.6. The lowest BCUT2D eigenvalue weighted by Crippen LogP contribution is -2.40. The Labute approximate surface area is 195 Å². The smallest absolute Gasteiger partial charge is 0.258 e. The SMILES string of the molecule is O=C(COc1ccc(S(=O)(=O)N2CCOCC2)cc1)N[C@@H](c1ccc(F)cc1)c1cccs1. The van der Waals surface area contributed by atoms with Gasteiger partial charge in [-0.15, -0.1) is 11.3 Å². The molecule has 7 nitrogen and oxygen atoms in total. The van der Waals surface area contributed by atoms with Crippen LogP contribution in [0.1, 0.15) is 16.5 Å². The molecule has 0 radical (unpaired) electrons. The maximum absolute atomic E-state index is 13.3. The molecule has 2 aromatic carbocycles. The maximum Gasteiger partial charge on any atom is 0.258 e. The number of carbonyl (C=O) groups is 1. The minimum Gasteiger partial charge on any atom is -0.484 e. The van der Waals surface area contributed by atoms with Gasteiger partial charge in [0.05, 0.1) is 24.2 Å². The Morgan fingerprint density at radius 3 is 2.42 bits per heavy atom. The molecule has 2 heterocycles. The third-order valence-electron chi connectivity index (χ3n) is 5.14. The van der Waals surface area contributed by atoms with Gasteiger partial charge in [0, 0.05) is 18.0 Å². The highest BCUT2D eigenvalue weighted by atomic mass is 32.2. The second-order valence-electron chi connectivity index (χ2n) is 7.34. The summed E-state index contributed by atoms with van der Waals surface area (Å²) in [5, 5.41) is 4.82. The normalized spacial score (nSPS) is 15.7. The molecule has 4 rings (SSSR count). The molecular weight excluding hydrogens is 467 g/mol. The van der Waals surface area contributed by atoms with E-state index in [1.165, 1.54) is 52.0 Å². The molecule has 0 aliphatic carbocycles. The highest BCUT2D eigenvalue weighted by Crippen LogP contribution is 2.26. The number of nitrogens with one attached hydrogen (secondary N) is 1. The van der Waals surface area contributed by atoms with Gasteiger partial charge < -0.3 is 14.8 Å². The molecule has 1 N–H and O–H groups in total. The first-order valence-corrected chi connectivity index (χ1v) is 12.6. The Kier molecular flexibility index (Phi) is 7.39. The lowest BCUT2D eigenvalue weighted by Gasteiger charge is -2.26. The quantitative estimate of drug-likeness (QED) is 0.524. The molecule has 1 aromatic heterocycles. The monoisotopic (exact) mass is 490 g/mol. The number of benzene rings is 2. The van der Waals surface area contributed by atoms with E-state index >= 15 is 0 Å². The first kappa shape index (κ1) is 23.4. The van der Waals surface area contributed by atoms with Gasteiger partial charge in [-0.05, 0) is 53.4 Å². The molecular formula is C23H23FN2O5S2. The molecule has 0 unspecified atom stereocenters. The van der Waals surface area contributed by atoms with E-state index in [9.17, 15) is 17.6 Å². The van der Waals surface area contributed by atoms with Crippen molar-refractivity contribution in [3.8, 4) is 5.75 Å². The van der Waals surface area contributed by atoms with Crippen LogP contribution in [-0.4, -0.2) is 51.5 Å². The van der Waals surface area contributed by atoms with Gasteiger partial charge >= 0.3 is 0 Å². The number of morpholine rings is 1. The van der Waals surface area contributed by atoms with Gasteiger partial charge in [-0.2, -0.15) is 4.31 Å². The Bertz CT molecular complexity index is 1160. The van der Waals surface area contributed by atoms with Crippen LogP contribution in [0.15, 0.2) is 70.9 Å². The van der Waals surface area contributed by atoms with Crippen molar-refractivity contribution in [1.82, 2.24) is 9.62 Å². The van der Waals surface area contributed by atoms with E-state index in [1.807, 2.05) is 17.5 Å². The number of nitrogens with zero attached hydrogens (tertiary/aromatic N) is 1. The predicted octanol–water partition coefficient (Wildman–Crippen LogP) is 3.19. The highest BCUT2D eigenvalue weighted by Gasteiger charge is 2.26. The van der Waals surface area contributed by atoms with Crippen molar-refractivity contribution in [3.05, 3.63) is 82.3 Å². The van der Waals surface area contributed by atoms with Crippen LogP contribution in [-0.2, 0) is 19.6 Å². The fraction of sp³-hybridized carbons (Fsp3) is 0.261. The maximum atomic E-state index is 13.3. The first-order chi connectivity index (χ1) is 15.9.